The molecule has 18 heteroatoms. The predicted molar refractivity (Wildman–Crippen MR) is 236 cm³/mol. The fourth-order valence-corrected chi connectivity index (χ4v) is 7.66. The Kier molecular flexibility index (Phi) is 9.95. The normalized spacial score (nSPS) is 17.8. The number of hydrogen-bond acceptors (Lipinski definition) is 12. The topological polar surface area (TPSA) is 166 Å². The van der Waals surface area contributed by atoms with Crippen LogP contribution in [0.3, 0.4) is 0 Å². The van der Waals surface area contributed by atoms with E-state index < -0.39 is 47.9 Å². The third-order valence-corrected chi connectivity index (χ3v) is 12.9. The first-order chi connectivity index (χ1) is 28.1. The van der Waals surface area contributed by atoms with Crippen LogP contribution in [-0.4, -0.2) is 65.5 Å². The van der Waals surface area contributed by atoms with Crippen LogP contribution in [0.2, 0.25) is 5.02 Å². The molecule has 15 nitrogen and oxygen atoms in total. The number of pyridine rings is 2. The Bertz CT molecular complexity index is 2900. The molecule has 0 radical (unpaired) electrons. The summed E-state index contributed by atoms with van der Waals surface area (Å²) in [6.07, 6.45) is 3.06. The van der Waals surface area contributed by atoms with Gasteiger partial charge in [0.05, 0.1) is 62.5 Å². The van der Waals surface area contributed by atoms with E-state index in [1.54, 1.807) is 38.5 Å². The number of aryl methyl sites for hydroxylation is 2. The first-order valence-corrected chi connectivity index (χ1v) is 20.1. The maximum Gasteiger partial charge on any atom is 0.496 e. The van der Waals surface area contributed by atoms with Gasteiger partial charge in [0, 0.05) is 36.8 Å². The van der Waals surface area contributed by atoms with Crippen molar-refractivity contribution < 1.29 is 18.6 Å². The molecular formula is C42H47B2ClN8O7. The second kappa shape index (κ2) is 14.4. The summed E-state index contributed by atoms with van der Waals surface area (Å²) < 4.78 is 29.0. The Morgan fingerprint density at radius 3 is 1.93 bits per heavy atom. The Balaban J connectivity index is 1.18. The maximum atomic E-state index is 14.5. The van der Waals surface area contributed by atoms with Crippen LogP contribution in [0.15, 0.2) is 75.3 Å². The largest absolute Gasteiger partial charge is 0.496 e. The number of aromatic nitrogens is 6. The van der Waals surface area contributed by atoms with Crippen LogP contribution in [0.4, 0.5) is 23.0 Å². The first kappa shape index (κ1) is 41.4. The SMILES string of the molecule is Cc1c(Nc2nc(Cn3c(=O)c4c(Nc5cccc(B6OC(C)(C)C(C)(C)O6)c5Cl)nccc4n(C)c3=O)cc3cnn(C)c(=O)c23)cccc1B1OC(C)(C)C(C)(C)O1. The molecule has 2 saturated heterocycles. The Labute approximate surface area is 352 Å². The van der Waals surface area contributed by atoms with Crippen LogP contribution in [0.1, 0.15) is 66.6 Å². The minimum Gasteiger partial charge on any atom is -0.399 e. The molecule has 0 bridgehead atoms. The van der Waals surface area contributed by atoms with Gasteiger partial charge in [0.2, 0.25) is 0 Å². The van der Waals surface area contributed by atoms with Crippen molar-refractivity contribution in [3.8, 4) is 0 Å². The van der Waals surface area contributed by atoms with Crippen molar-refractivity contribution in [2.45, 2.75) is 91.3 Å². The standard InChI is InChI=1S/C42H47B2ClN8O7/c1-23-26(43-57-39(2,3)40(4,5)58-43)14-12-16-28(23)49-35-31-24(21-47-52(11)36(31)54)20-25(48-35)22-53-37(55)32-30(51(10)38(53)56)18-19-46-34(32)50-29-17-13-15-27(33(29)45)44-59-41(6,7)42(8,9)60-44/h12-21H,22H2,1-11H3,(H,46,50)(H,48,49). The van der Waals surface area contributed by atoms with Crippen molar-refractivity contribution in [3.05, 3.63) is 108 Å². The van der Waals surface area contributed by atoms with Gasteiger partial charge in [0.25, 0.3) is 11.1 Å². The van der Waals surface area contributed by atoms with E-state index >= 15 is 0 Å². The zero-order valence-corrected chi connectivity index (χ0v) is 36.3. The van der Waals surface area contributed by atoms with E-state index in [4.69, 9.17) is 35.2 Å². The minimum absolute atomic E-state index is 0.154. The number of anilines is 4. The molecule has 6 aromatic rings. The zero-order chi connectivity index (χ0) is 43.3. The molecule has 0 atom stereocenters. The monoisotopic (exact) mass is 832 g/mol. The van der Waals surface area contributed by atoms with Gasteiger partial charge in [-0.25, -0.2) is 19.4 Å². The summed E-state index contributed by atoms with van der Waals surface area (Å²) >= 11 is 6.98. The van der Waals surface area contributed by atoms with Crippen molar-refractivity contribution in [2.24, 2.45) is 14.1 Å². The molecule has 60 heavy (non-hydrogen) atoms. The van der Waals surface area contributed by atoms with Crippen molar-refractivity contribution in [1.82, 2.24) is 28.9 Å². The molecule has 8 rings (SSSR count). The number of fused-ring (bicyclic) bond motifs is 2. The van der Waals surface area contributed by atoms with E-state index in [-0.39, 0.29) is 34.5 Å². The molecule has 310 valence electrons. The fraction of sp³-hybridized carbons (Fsp3) is 0.381. The second-order valence-corrected chi connectivity index (χ2v) is 17.8. The van der Waals surface area contributed by atoms with Crippen molar-refractivity contribution in [1.29, 1.82) is 0 Å². The van der Waals surface area contributed by atoms with Crippen molar-refractivity contribution >= 4 is 81.4 Å². The lowest BCUT2D eigenvalue weighted by Crippen LogP contribution is -2.41. The van der Waals surface area contributed by atoms with Gasteiger partial charge < -0.3 is 29.3 Å². The van der Waals surface area contributed by atoms with Gasteiger partial charge in [-0.15, -0.1) is 0 Å². The molecule has 2 aliphatic rings. The van der Waals surface area contributed by atoms with Crippen LogP contribution in [-0.2, 0) is 39.3 Å². The van der Waals surface area contributed by atoms with Crippen LogP contribution < -0.4 is 38.4 Å². The summed E-state index contributed by atoms with van der Waals surface area (Å²) in [6.45, 7) is 17.5. The highest BCUT2D eigenvalue weighted by Crippen LogP contribution is 2.39. The average Bonchev–Trinajstić information content (AvgIpc) is 3.54. The lowest BCUT2D eigenvalue weighted by atomic mass is 9.76. The molecule has 2 aliphatic heterocycles. The highest BCUT2D eigenvalue weighted by Gasteiger charge is 2.53. The first-order valence-electron chi connectivity index (χ1n) is 19.7. The van der Waals surface area contributed by atoms with E-state index in [1.807, 2.05) is 92.6 Å². The molecule has 0 saturated carbocycles. The van der Waals surface area contributed by atoms with Gasteiger partial charge in [-0.3, -0.25) is 18.7 Å². The Hall–Kier alpha value is -5.32. The number of benzene rings is 2. The highest BCUT2D eigenvalue weighted by atomic mass is 35.5. The van der Waals surface area contributed by atoms with E-state index in [0.717, 1.165) is 15.6 Å². The number of halogens is 1. The summed E-state index contributed by atoms with van der Waals surface area (Å²) in [5.41, 5.74) is 0.247. The van der Waals surface area contributed by atoms with Gasteiger partial charge >= 0.3 is 19.9 Å². The molecule has 2 fully saturated rings. The summed E-state index contributed by atoms with van der Waals surface area (Å²) in [6, 6.07) is 14.3. The molecule has 0 spiro atoms. The average molecular weight is 833 g/mol. The van der Waals surface area contributed by atoms with Crippen LogP contribution in [0.5, 0.6) is 0 Å². The third-order valence-electron chi connectivity index (χ3n) is 12.5. The fourth-order valence-electron chi connectivity index (χ4n) is 7.39. The van der Waals surface area contributed by atoms with E-state index in [0.29, 0.717) is 38.5 Å². The Morgan fingerprint density at radius 2 is 1.30 bits per heavy atom. The van der Waals surface area contributed by atoms with Gasteiger partial charge in [0.1, 0.15) is 17.0 Å². The highest BCUT2D eigenvalue weighted by molar-refractivity contribution is 6.66. The molecule has 2 aromatic carbocycles. The molecule has 6 heterocycles. The lowest BCUT2D eigenvalue weighted by molar-refractivity contribution is 0.00578. The minimum atomic E-state index is -0.727. The second-order valence-electron chi connectivity index (χ2n) is 17.4. The number of hydrogen-bond donors (Lipinski definition) is 2. The Morgan fingerprint density at radius 1 is 0.733 bits per heavy atom. The third kappa shape index (κ3) is 6.82. The lowest BCUT2D eigenvalue weighted by Gasteiger charge is -2.32. The van der Waals surface area contributed by atoms with Crippen LogP contribution >= 0.6 is 11.6 Å². The summed E-state index contributed by atoms with van der Waals surface area (Å²) in [5, 5.41) is 12.1. The number of nitrogens with zero attached hydrogens (tertiary/aromatic N) is 6. The number of rotatable bonds is 8. The molecule has 0 unspecified atom stereocenters. The molecule has 0 aliphatic carbocycles. The smallest absolute Gasteiger partial charge is 0.399 e. The van der Waals surface area contributed by atoms with Gasteiger partial charge in [0.15, 0.2) is 0 Å². The predicted octanol–water partition coefficient (Wildman–Crippen LogP) is 4.83. The molecule has 2 N–H and O–H groups in total. The number of nitrogens with one attached hydrogen (secondary N) is 2. The maximum absolute atomic E-state index is 14.5. The molecule has 0 amide bonds. The van der Waals surface area contributed by atoms with Crippen molar-refractivity contribution in [3.63, 3.8) is 0 Å². The molecule has 4 aromatic heterocycles. The zero-order valence-electron chi connectivity index (χ0n) is 35.6. The summed E-state index contributed by atoms with van der Waals surface area (Å²) in [5.74, 6) is 0.416. The quantitative estimate of drug-likeness (QED) is 0.201. The van der Waals surface area contributed by atoms with Crippen LogP contribution in [0.25, 0.3) is 21.7 Å². The van der Waals surface area contributed by atoms with Gasteiger partial charge in [-0.1, -0.05) is 35.9 Å². The van der Waals surface area contributed by atoms with Gasteiger partial charge in [-0.05, 0) is 97.6 Å². The van der Waals surface area contributed by atoms with E-state index in [2.05, 4.69) is 20.7 Å². The summed E-state index contributed by atoms with van der Waals surface area (Å²) in [4.78, 5) is 51.5. The summed E-state index contributed by atoms with van der Waals surface area (Å²) in [7, 11) is 1.79. The van der Waals surface area contributed by atoms with Gasteiger partial charge in [-0.2, -0.15) is 5.10 Å². The van der Waals surface area contributed by atoms with E-state index in [9.17, 15) is 14.4 Å². The molecular weight excluding hydrogens is 786 g/mol. The van der Waals surface area contributed by atoms with E-state index in [1.165, 1.54) is 15.4 Å². The van der Waals surface area contributed by atoms with Crippen LogP contribution in [0, 0.1) is 6.92 Å². The van der Waals surface area contributed by atoms with Crippen molar-refractivity contribution in [2.75, 3.05) is 10.6 Å².